The summed E-state index contributed by atoms with van der Waals surface area (Å²) in [7, 11) is 0. The minimum atomic E-state index is 0.175. The molecule has 0 saturated heterocycles. The predicted octanol–water partition coefficient (Wildman–Crippen LogP) is 3.80. The monoisotopic (exact) mass is 259 g/mol. The van der Waals surface area contributed by atoms with Gasteiger partial charge in [0, 0.05) is 17.2 Å². The summed E-state index contributed by atoms with van der Waals surface area (Å²) in [6, 6.07) is 12.2. The van der Waals surface area contributed by atoms with E-state index >= 15 is 0 Å². The highest BCUT2D eigenvalue weighted by molar-refractivity contribution is 7.99. The summed E-state index contributed by atoms with van der Waals surface area (Å²) in [6.45, 7) is 2.15. The zero-order valence-corrected chi connectivity index (χ0v) is 11.3. The Labute approximate surface area is 113 Å². The van der Waals surface area contributed by atoms with E-state index in [0.29, 0.717) is 5.25 Å². The lowest BCUT2D eigenvalue weighted by Crippen LogP contribution is -2.32. The highest BCUT2D eigenvalue weighted by Crippen LogP contribution is 2.31. The van der Waals surface area contributed by atoms with Crippen molar-refractivity contribution < 1.29 is 4.74 Å². The number of thioether (sulfide) groups is 1. The van der Waals surface area contributed by atoms with Crippen molar-refractivity contribution in [2.24, 2.45) is 0 Å². The molecular weight excluding hydrogens is 242 g/mol. The van der Waals surface area contributed by atoms with Crippen LogP contribution in [0.5, 0.6) is 5.75 Å². The predicted molar refractivity (Wildman–Crippen MR) is 75.7 cm³/mol. The Morgan fingerprint density at radius 1 is 1.39 bits per heavy atom. The minimum absolute atomic E-state index is 0.175. The van der Waals surface area contributed by atoms with Gasteiger partial charge in [0.2, 0.25) is 0 Å². The van der Waals surface area contributed by atoms with Crippen LogP contribution >= 0.6 is 11.8 Å². The summed E-state index contributed by atoms with van der Waals surface area (Å²) in [4.78, 5) is 0. The lowest BCUT2D eigenvalue weighted by atomic mass is 9.97. The highest BCUT2D eigenvalue weighted by Gasteiger charge is 2.27. The van der Waals surface area contributed by atoms with E-state index in [4.69, 9.17) is 10.00 Å². The van der Waals surface area contributed by atoms with Crippen LogP contribution in [0.2, 0.25) is 0 Å². The Hall–Kier alpha value is -1.40. The van der Waals surface area contributed by atoms with Crippen LogP contribution in [0.1, 0.15) is 19.8 Å². The van der Waals surface area contributed by atoms with Crippen LogP contribution in [-0.2, 0) is 0 Å². The number of hydrogen-bond donors (Lipinski definition) is 0. The third-order valence-electron chi connectivity index (χ3n) is 2.99. The lowest BCUT2D eigenvalue weighted by Gasteiger charge is -2.29. The van der Waals surface area contributed by atoms with Crippen LogP contribution < -0.4 is 4.74 Å². The quantitative estimate of drug-likeness (QED) is 0.824. The summed E-state index contributed by atoms with van der Waals surface area (Å²) < 4.78 is 6.04. The molecule has 0 saturated carbocycles. The molecule has 2 atom stereocenters. The lowest BCUT2D eigenvalue weighted by molar-refractivity contribution is 0.196. The molecule has 0 aliphatic heterocycles. The third kappa shape index (κ3) is 3.30. The molecule has 0 heterocycles. The van der Waals surface area contributed by atoms with Crippen molar-refractivity contribution in [2.45, 2.75) is 31.1 Å². The zero-order chi connectivity index (χ0) is 12.8. The zero-order valence-electron chi connectivity index (χ0n) is 10.5. The molecule has 94 valence electrons. The van der Waals surface area contributed by atoms with E-state index in [2.05, 4.69) is 13.0 Å². The minimum Gasteiger partial charge on any atom is -0.489 e. The number of benzene rings is 1. The van der Waals surface area contributed by atoms with Gasteiger partial charge in [-0.05, 0) is 24.3 Å². The summed E-state index contributed by atoms with van der Waals surface area (Å²) in [5.41, 5.74) is 0.897. The molecule has 2 nitrogen and oxygen atoms in total. The van der Waals surface area contributed by atoms with E-state index in [-0.39, 0.29) is 6.10 Å². The van der Waals surface area contributed by atoms with Crippen molar-refractivity contribution in [3.8, 4) is 11.8 Å². The van der Waals surface area contributed by atoms with Crippen LogP contribution in [0.15, 0.2) is 42.0 Å². The van der Waals surface area contributed by atoms with Crippen molar-refractivity contribution in [2.75, 3.05) is 5.75 Å². The molecule has 18 heavy (non-hydrogen) atoms. The van der Waals surface area contributed by atoms with Crippen molar-refractivity contribution >= 4 is 11.8 Å². The summed E-state index contributed by atoms with van der Waals surface area (Å²) in [6.07, 6.45) is 3.84. The molecular formula is C15H17NOS. The first-order valence-corrected chi connectivity index (χ1v) is 7.30. The van der Waals surface area contributed by atoms with E-state index in [1.54, 1.807) is 0 Å². The fourth-order valence-corrected chi connectivity index (χ4v) is 3.22. The Morgan fingerprint density at radius 3 is 2.83 bits per heavy atom. The van der Waals surface area contributed by atoms with Gasteiger partial charge in [0.05, 0.1) is 6.07 Å². The Morgan fingerprint density at radius 2 is 2.17 bits per heavy atom. The summed E-state index contributed by atoms with van der Waals surface area (Å²) in [5, 5.41) is 9.37. The highest BCUT2D eigenvalue weighted by atomic mass is 32.2. The molecule has 0 amide bonds. The molecule has 1 aliphatic rings. The second-order valence-corrected chi connectivity index (χ2v) is 5.76. The van der Waals surface area contributed by atoms with Gasteiger partial charge < -0.3 is 4.74 Å². The van der Waals surface area contributed by atoms with E-state index in [1.165, 1.54) is 0 Å². The number of nitriles is 1. The Bertz CT molecular complexity index is 449. The van der Waals surface area contributed by atoms with E-state index < -0.39 is 0 Å². The van der Waals surface area contributed by atoms with Crippen LogP contribution in [0.25, 0.3) is 0 Å². The van der Waals surface area contributed by atoms with Gasteiger partial charge in [-0.3, -0.25) is 0 Å². The smallest absolute Gasteiger partial charge is 0.119 e. The van der Waals surface area contributed by atoms with Gasteiger partial charge in [-0.25, -0.2) is 0 Å². The molecule has 0 unspecified atom stereocenters. The number of allylic oxidation sites excluding steroid dienone is 1. The molecule has 3 heteroatoms. The fourth-order valence-electron chi connectivity index (χ4n) is 2.11. The second-order valence-electron chi connectivity index (χ2n) is 4.24. The number of rotatable bonds is 4. The molecule has 0 spiro atoms. The molecule has 0 radical (unpaired) electrons. The van der Waals surface area contributed by atoms with Crippen molar-refractivity contribution in [3.63, 3.8) is 0 Å². The van der Waals surface area contributed by atoms with Crippen LogP contribution in [0.4, 0.5) is 0 Å². The van der Waals surface area contributed by atoms with Gasteiger partial charge in [-0.15, -0.1) is 0 Å². The molecule has 0 fully saturated rings. The SMILES string of the molecule is CCS[C@@H]1CC(C#N)=CC[C@@H]1Oc1ccccc1. The number of hydrogen-bond acceptors (Lipinski definition) is 3. The maximum absolute atomic E-state index is 8.98. The van der Waals surface area contributed by atoms with Gasteiger partial charge in [-0.1, -0.05) is 31.2 Å². The second kappa shape index (κ2) is 6.51. The first-order chi connectivity index (χ1) is 8.83. The fraction of sp³-hybridized carbons (Fsp3) is 0.400. The molecule has 0 N–H and O–H groups in total. The normalized spacial score (nSPS) is 23.0. The number of ether oxygens (including phenoxy) is 1. The van der Waals surface area contributed by atoms with Gasteiger partial charge in [0.1, 0.15) is 11.9 Å². The first kappa shape index (κ1) is 13.0. The number of para-hydroxylation sites is 1. The first-order valence-electron chi connectivity index (χ1n) is 6.26. The van der Waals surface area contributed by atoms with Gasteiger partial charge in [0.25, 0.3) is 0 Å². The van der Waals surface area contributed by atoms with E-state index in [1.807, 2.05) is 48.2 Å². The molecule has 0 bridgehead atoms. The molecule has 0 aromatic heterocycles. The third-order valence-corrected chi connectivity index (χ3v) is 4.22. The topological polar surface area (TPSA) is 33.0 Å². The average Bonchev–Trinajstić information content (AvgIpc) is 2.42. The van der Waals surface area contributed by atoms with Crippen LogP contribution in [0.3, 0.4) is 0 Å². The van der Waals surface area contributed by atoms with Crippen molar-refractivity contribution in [1.29, 1.82) is 5.26 Å². The molecule has 1 aliphatic carbocycles. The number of nitrogens with zero attached hydrogens (tertiary/aromatic N) is 1. The Kier molecular flexibility index (Phi) is 4.72. The standard InChI is InChI=1S/C15H17NOS/c1-2-18-15-10-12(11-16)8-9-14(15)17-13-6-4-3-5-7-13/h3-8,14-15H,2,9-10H2,1H3/t14-,15+/m0/s1. The van der Waals surface area contributed by atoms with Gasteiger partial charge in [0.15, 0.2) is 0 Å². The molecule has 2 rings (SSSR count). The average molecular weight is 259 g/mol. The Balaban J connectivity index is 2.06. The van der Waals surface area contributed by atoms with Crippen LogP contribution in [-0.4, -0.2) is 17.1 Å². The largest absolute Gasteiger partial charge is 0.489 e. The van der Waals surface area contributed by atoms with Gasteiger partial charge in [-0.2, -0.15) is 17.0 Å². The van der Waals surface area contributed by atoms with E-state index in [0.717, 1.165) is 29.9 Å². The summed E-state index contributed by atoms with van der Waals surface area (Å²) in [5.74, 6) is 1.97. The molecule has 1 aromatic carbocycles. The maximum atomic E-state index is 8.98. The summed E-state index contributed by atoms with van der Waals surface area (Å²) >= 11 is 1.88. The van der Waals surface area contributed by atoms with E-state index in [9.17, 15) is 0 Å². The molecule has 1 aromatic rings. The van der Waals surface area contributed by atoms with Crippen molar-refractivity contribution in [1.82, 2.24) is 0 Å². The van der Waals surface area contributed by atoms with Crippen LogP contribution in [0, 0.1) is 11.3 Å². The van der Waals surface area contributed by atoms with Crippen molar-refractivity contribution in [3.05, 3.63) is 42.0 Å². The maximum Gasteiger partial charge on any atom is 0.119 e. The van der Waals surface area contributed by atoms with Gasteiger partial charge >= 0.3 is 0 Å².